The molecule has 0 spiro atoms. The molecule has 0 bridgehead atoms. The van der Waals surface area contributed by atoms with Crippen molar-refractivity contribution in [1.82, 2.24) is 10.4 Å². The second-order valence-corrected chi connectivity index (χ2v) is 10.3. The minimum atomic E-state index is -0.768. The van der Waals surface area contributed by atoms with E-state index in [-0.39, 0.29) is 36.1 Å². The number of benzene rings is 3. The molecular weight excluding hydrogens is 488 g/mol. The van der Waals surface area contributed by atoms with Gasteiger partial charge in [-0.05, 0) is 47.9 Å². The zero-order chi connectivity index (χ0) is 28.2. The van der Waals surface area contributed by atoms with E-state index in [1.54, 1.807) is 29.3 Å². The van der Waals surface area contributed by atoms with Crippen molar-refractivity contribution in [3.8, 4) is 0 Å². The van der Waals surface area contributed by atoms with Crippen LogP contribution in [0.3, 0.4) is 0 Å². The lowest BCUT2D eigenvalue weighted by Crippen LogP contribution is -2.54. The molecule has 0 aliphatic rings. The summed E-state index contributed by atoms with van der Waals surface area (Å²) in [7, 11) is 0. The van der Waals surface area contributed by atoms with Crippen LogP contribution in [0.1, 0.15) is 55.6 Å². The van der Waals surface area contributed by atoms with Crippen LogP contribution < -0.4 is 5.43 Å². The van der Waals surface area contributed by atoms with Crippen LogP contribution in [0.5, 0.6) is 0 Å². The first-order valence-electron chi connectivity index (χ1n) is 13.4. The first-order valence-corrected chi connectivity index (χ1v) is 13.4. The first kappa shape index (κ1) is 29.5. The third-order valence-electron chi connectivity index (χ3n) is 6.59. The summed E-state index contributed by atoms with van der Waals surface area (Å²) >= 11 is 0. The highest BCUT2D eigenvalue weighted by atomic mass is 16.5. The van der Waals surface area contributed by atoms with Crippen LogP contribution in [-0.4, -0.2) is 39.5 Å². The van der Waals surface area contributed by atoms with Crippen molar-refractivity contribution in [2.45, 2.75) is 59.2 Å². The fourth-order valence-electron chi connectivity index (χ4n) is 4.65. The quantitative estimate of drug-likeness (QED) is 0.101. The standard InChI is InChI=1S/C32H38N4O3/c1-23(2)30(24(3)4)39-32(38)29(34-33)28(21-20-25-14-8-5-9-15-25)36(22-26-16-10-6-11-17-26)35-31(37)27-18-12-7-13-19-27/h5-19,23-24,28,30H,20-22H2,1-4H3,(H,35,37)/t28-/m1/s1. The van der Waals surface area contributed by atoms with Gasteiger partial charge in [0.25, 0.3) is 5.91 Å². The van der Waals surface area contributed by atoms with Crippen molar-refractivity contribution in [3.05, 3.63) is 113 Å². The van der Waals surface area contributed by atoms with Gasteiger partial charge in [0.15, 0.2) is 0 Å². The highest BCUT2D eigenvalue weighted by Gasteiger charge is 2.40. The van der Waals surface area contributed by atoms with E-state index in [0.29, 0.717) is 18.4 Å². The highest BCUT2D eigenvalue weighted by molar-refractivity contribution is 6.36. The number of aryl methyl sites for hydroxylation is 1. The molecule has 0 unspecified atom stereocenters. The second kappa shape index (κ2) is 14.8. The molecule has 7 heteroatoms. The minimum Gasteiger partial charge on any atom is -0.453 e. The Bertz CT molecular complexity index is 1230. The van der Waals surface area contributed by atoms with E-state index >= 15 is 0 Å². The normalized spacial score (nSPS) is 11.9. The molecule has 0 aliphatic heterocycles. The zero-order valence-corrected chi connectivity index (χ0v) is 23.2. The second-order valence-electron chi connectivity index (χ2n) is 10.3. The Hall–Kier alpha value is -4.06. The number of esters is 1. The Morgan fingerprint density at radius 2 is 1.33 bits per heavy atom. The van der Waals surface area contributed by atoms with Gasteiger partial charge in [0.2, 0.25) is 0 Å². The molecular formula is C32H38N4O3. The van der Waals surface area contributed by atoms with Crippen LogP contribution in [0.2, 0.25) is 0 Å². The fourth-order valence-corrected chi connectivity index (χ4v) is 4.65. The third kappa shape index (κ3) is 8.74. The molecule has 204 valence electrons. The largest absolute Gasteiger partial charge is 0.453 e. The van der Waals surface area contributed by atoms with Crippen LogP contribution in [0, 0.1) is 11.8 Å². The Kier molecular flexibility index (Phi) is 11.2. The fraction of sp³-hybridized carbons (Fsp3) is 0.344. The minimum absolute atomic E-state index is 0.0786. The molecule has 3 aromatic rings. The van der Waals surface area contributed by atoms with Crippen molar-refractivity contribution in [2.75, 3.05) is 0 Å². The van der Waals surface area contributed by atoms with E-state index < -0.39 is 12.0 Å². The lowest BCUT2D eigenvalue weighted by molar-refractivity contribution is -0.151. The zero-order valence-electron chi connectivity index (χ0n) is 23.2. The molecule has 0 radical (unpaired) electrons. The number of carbonyl (C=O) groups excluding carboxylic acids is 2. The van der Waals surface area contributed by atoms with Crippen molar-refractivity contribution in [3.63, 3.8) is 0 Å². The molecule has 1 N–H and O–H groups in total. The van der Waals surface area contributed by atoms with E-state index in [4.69, 9.17) is 4.74 Å². The Morgan fingerprint density at radius 1 is 0.821 bits per heavy atom. The van der Waals surface area contributed by atoms with Gasteiger partial charge in [-0.3, -0.25) is 10.2 Å². The monoisotopic (exact) mass is 526 g/mol. The van der Waals surface area contributed by atoms with E-state index in [2.05, 4.69) is 10.2 Å². The van der Waals surface area contributed by atoms with Crippen LogP contribution in [0.25, 0.3) is 5.53 Å². The molecule has 0 aromatic heterocycles. The van der Waals surface area contributed by atoms with Gasteiger partial charge in [-0.2, -0.15) is 4.79 Å². The van der Waals surface area contributed by atoms with E-state index in [1.807, 2.05) is 94.4 Å². The molecule has 39 heavy (non-hydrogen) atoms. The number of hydrogen-bond donors (Lipinski definition) is 1. The van der Waals surface area contributed by atoms with Gasteiger partial charge in [-0.25, -0.2) is 9.80 Å². The summed E-state index contributed by atoms with van der Waals surface area (Å²) in [5, 5.41) is 1.67. The summed E-state index contributed by atoms with van der Waals surface area (Å²) in [5.41, 5.74) is 15.5. The molecule has 3 rings (SSSR count). The molecule has 1 atom stereocenters. The molecule has 1 amide bonds. The van der Waals surface area contributed by atoms with Gasteiger partial charge in [0, 0.05) is 12.1 Å². The van der Waals surface area contributed by atoms with Crippen LogP contribution in [-0.2, 0) is 22.5 Å². The summed E-state index contributed by atoms with van der Waals surface area (Å²) in [6.45, 7) is 8.23. The maximum absolute atomic E-state index is 13.5. The lowest BCUT2D eigenvalue weighted by Gasteiger charge is -2.30. The van der Waals surface area contributed by atoms with Crippen LogP contribution in [0.15, 0.2) is 91.0 Å². The summed E-state index contributed by atoms with van der Waals surface area (Å²) in [6, 6.07) is 27.6. The Morgan fingerprint density at radius 3 is 1.85 bits per heavy atom. The summed E-state index contributed by atoms with van der Waals surface area (Å²) in [4.78, 5) is 30.3. The summed E-state index contributed by atoms with van der Waals surface area (Å²) in [6.07, 6.45) is 0.627. The number of amides is 1. The number of carbonyl (C=O) groups is 2. The van der Waals surface area contributed by atoms with Crippen molar-refractivity contribution < 1.29 is 19.1 Å². The van der Waals surface area contributed by atoms with Gasteiger partial charge >= 0.3 is 11.7 Å². The van der Waals surface area contributed by atoms with Gasteiger partial charge in [0.1, 0.15) is 12.1 Å². The maximum Gasteiger partial charge on any atom is 0.419 e. The molecule has 0 heterocycles. The summed E-state index contributed by atoms with van der Waals surface area (Å²) < 4.78 is 5.88. The number of nitrogens with zero attached hydrogens (tertiary/aromatic N) is 3. The molecule has 0 saturated carbocycles. The van der Waals surface area contributed by atoms with E-state index in [9.17, 15) is 15.1 Å². The molecule has 7 nitrogen and oxygen atoms in total. The number of nitrogens with one attached hydrogen (secondary N) is 1. The van der Waals surface area contributed by atoms with Crippen LogP contribution >= 0.6 is 0 Å². The van der Waals surface area contributed by atoms with Crippen molar-refractivity contribution >= 4 is 17.6 Å². The summed E-state index contributed by atoms with van der Waals surface area (Å²) in [5.74, 6) is -0.871. The average Bonchev–Trinajstić information content (AvgIpc) is 2.94. The van der Waals surface area contributed by atoms with E-state index in [1.165, 1.54) is 0 Å². The number of ether oxygens (including phenoxy) is 1. The Balaban J connectivity index is 1.99. The predicted octanol–water partition coefficient (Wildman–Crippen LogP) is 5.73. The van der Waals surface area contributed by atoms with Crippen molar-refractivity contribution in [2.24, 2.45) is 11.8 Å². The SMILES string of the molecule is CC(C)C(OC(=O)C(=[N+]=[N-])[C@@H](CCc1ccccc1)N(Cc1ccccc1)NC(=O)c1ccccc1)C(C)C. The van der Waals surface area contributed by atoms with Crippen molar-refractivity contribution in [1.29, 1.82) is 0 Å². The topological polar surface area (TPSA) is 95.0 Å². The number of hydrogen-bond acceptors (Lipinski definition) is 4. The molecule has 0 fully saturated rings. The first-order chi connectivity index (χ1) is 18.8. The van der Waals surface area contributed by atoms with Gasteiger partial charge in [-0.15, -0.1) is 0 Å². The smallest absolute Gasteiger partial charge is 0.419 e. The average molecular weight is 527 g/mol. The highest BCUT2D eigenvalue weighted by Crippen LogP contribution is 2.19. The van der Waals surface area contributed by atoms with Gasteiger partial charge in [0.05, 0.1) is 0 Å². The molecule has 3 aromatic carbocycles. The number of rotatable bonds is 13. The third-order valence-corrected chi connectivity index (χ3v) is 6.59. The molecule has 0 saturated heterocycles. The predicted molar refractivity (Wildman–Crippen MR) is 153 cm³/mol. The van der Waals surface area contributed by atoms with Gasteiger partial charge in [-0.1, -0.05) is 107 Å². The number of hydrazine groups is 1. The van der Waals surface area contributed by atoms with Gasteiger partial charge < -0.3 is 10.3 Å². The Labute approximate surface area is 231 Å². The molecule has 0 aliphatic carbocycles. The lowest BCUT2D eigenvalue weighted by atomic mass is 9.96. The van der Waals surface area contributed by atoms with Crippen LogP contribution in [0.4, 0.5) is 0 Å². The van der Waals surface area contributed by atoms with E-state index in [0.717, 1.165) is 11.1 Å². The maximum atomic E-state index is 13.5.